The minimum Gasteiger partial charge on any atom is -0.481 e. The SMILES string of the molecule is Cc1noc(-c2ccc(-c3ccc(CC(=O)O)cc3)cc2)c1NC(=O)OC(C)c1cc(F)ccc1F. The molecule has 0 aliphatic rings. The van der Waals surface area contributed by atoms with Crippen LogP contribution in [0.4, 0.5) is 19.3 Å². The highest BCUT2D eigenvalue weighted by atomic mass is 19.1. The second kappa shape index (κ2) is 10.4. The second-order valence-corrected chi connectivity index (χ2v) is 8.16. The van der Waals surface area contributed by atoms with Crippen LogP contribution in [0, 0.1) is 18.6 Å². The van der Waals surface area contributed by atoms with Gasteiger partial charge in [-0.05, 0) is 48.7 Å². The zero-order valence-electron chi connectivity index (χ0n) is 19.4. The Balaban J connectivity index is 1.48. The number of amides is 1. The third kappa shape index (κ3) is 5.57. The van der Waals surface area contributed by atoms with Gasteiger partial charge in [-0.1, -0.05) is 53.7 Å². The number of rotatable bonds is 7. The van der Waals surface area contributed by atoms with E-state index in [1.54, 1.807) is 31.2 Å². The molecule has 4 aromatic rings. The van der Waals surface area contributed by atoms with E-state index in [9.17, 15) is 18.4 Å². The number of ether oxygens (including phenoxy) is 1. The van der Waals surface area contributed by atoms with Gasteiger partial charge in [0.2, 0.25) is 0 Å². The van der Waals surface area contributed by atoms with E-state index < -0.39 is 29.8 Å². The summed E-state index contributed by atoms with van der Waals surface area (Å²) in [5, 5.41) is 15.4. The summed E-state index contributed by atoms with van der Waals surface area (Å²) in [6, 6.07) is 17.5. The Labute approximate surface area is 205 Å². The van der Waals surface area contributed by atoms with Crippen molar-refractivity contribution in [1.29, 1.82) is 0 Å². The first-order valence-corrected chi connectivity index (χ1v) is 11.0. The largest absolute Gasteiger partial charge is 0.481 e. The second-order valence-electron chi connectivity index (χ2n) is 8.16. The van der Waals surface area contributed by atoms with Crippen LogP contribution in [0.3, 0.4) is 0 Å². The maximum atomic E-state index is 14.0. The number of aliphatic carboxylic acids is 1. The fourth-order valence-electron chi connectivity index (χ4n) is 3.70. The number of halogens is 2. The number of carboxylic acids is 1. The Hall–Kier alpha value is -4.53. The van der Waals surface area contributed by atoms with Crippen molar-refractivity contribution in [3.63, 3.8) is 0 Å². The molecule has 0 aliphatic carbocycles. The fraction of sp³-hybridized carbons (Fsp3) is 0.148. The quantitative estimate of drug-likeness (QED) is 0.304. The van der Waals surface area contributed by atoms with Gasteiger partial charge in [-0.2, -0.15) is 0 Å². The molecule has 0 fully saturated rings. The van der Waals surface area contributed by atoms with Gasteiger partial charge in [0.1, 0.15) is 29.1 Å². The van der Waals surface area contributed by atoms with Crippen molar-refractivity contribution >= 4 is 17.7 Å². The number of carbonyl (C=O) groups excluding carboxylic acids is 1. The van der Waals surface area contributed by atoms with E-state index in [1.807, 2.05) is 24.3 Å². The van der Waals surface area contributed by atoms with Crippen LogP contribution < -0.4 is 5.32 Å². The number of carboxylic acid groups (broad SMARTS) is 1. The lowest BCUT2D eigenvalue weighted by atomic mass is 10.0. The van der Waals surface area contributed by atoms with Crippen LogP contribution in [0.15, 0.2) is 71.3 Å². The summed E-state index contributed by atoms with van der Waals surface area (Å²) >= 11 is 0. The van der Waals surface area contributed by atoms with Crippen molar-refractivity contribution in [1.82, 2.24) is 5.16 Å². The topological polar surface area (TPSA) is 102 Å². The number of nitrogens with zero attached hydrogens (tertiary/aromatic N) is 1. The van der Waals surface area contributed by atoms with E-state index in [0.717, 1.165) is 29.3 Å². The fourth-order valence-corrected chi connectivity index (χ4v) is 3.70. The molecule has 9 heteroatoms. The van der Waals surface area contributed by atoms with Gasteiger partial charge in [0.25, 0.3) is 0 Å². The smallest absolute Gasteiger partial charge is 0.412 e. The highest BCUT2D eigenvalue weighted by Gasteiger charge is 2.21. The molecule has 1 unspecified atom stereocenters. The average Bonchev–Trinajstić information content (AvgIpc) is 3.20. The normalized spacial score (nSPS) is 11.7. The zero-order valence-corrected chi connectivity index (χ0v) is 19.4. The van der Waals surface area contributed by atoms with E-state index >= 15 is 0 Å². The summed E-state index contributed by atoms with van der Waals surface area (Å²) in [5.41, 5.74) is 3.77. The summed E-state index contributed by atoms with van der Waals surface area (Å²) in [5.74, 6) is -1.91. The van der Waals surface area contributed by atoms with Gasteiger partial charge in [0, 0.05) is 11.1 Å². The molecule has 1 aromatic heterocycles. The van der Waals surface area contributed by atoms with Crippen molar-refractivity contribution in [3.8, 4) is 22.5 Å². The Bertz CT molecular complexity index is 1400. The number of nitrogens with one attached hydrogen (secondary N) is 1. The van der Waals surface area contributed by atoms with E-state index in [1.165, 1.54) is 6.92 Å². The number of aryl methyl sites for hydroxylation is 1. The molecule has 0 radical (unpaired) electrons. The lowest BCUT2D eigenvalue weighted by Gasteiger charge is -2.15. The number of hydrogen-bond acceptors (Lipinski definition) is 5. The van der Waals surface area contributed by atoms with Crippen molar-refractivity contribution in [2.75, 3.05) is 5.32 Å². The van der Waals surface area contributed by atoms with Crippen molar-refractivity contribution in [3.05, 3.63) is 95.2 Å². The highest BCUT2D eigenvalue weighted by molar-refractivity contribution is 5.91. The van der Waals surface area contributed by atoms with Gasteiger partial charge in [-0.25, -0.2) is 13.6 Å². The van der Waals surface area contributed by atoms with E-state index in [0.29, 0.717) is 22.6 Å². The number of benzene rings is 3. The molecule has 0 bridgehead atoms. The number of aromatic nitrogens is 1. The summed E-state index contributed by atoms with van der Waals surface area (Å²) in [7, 11) is 0. The standard InChI is InChI=1S/C27H22F2N2O5/c1-15-25(30-27(34)35-16(2)22-14-21(28)11-12-23(22)29)26(36-31-15)20-9-7-19(8-10-20)18-5-3-17(4-6-18)13-24(32)33/h3-12,14,16H,13H2,1-2H3,(H,30,34)(H,32,33). The predicted molar refractivity (Wildman–Crippen MR) is 128 cm³/mol. The molecule has 4 rings (SSSR count). The minimum atomic E-state index is -1.04. The van der Waals surface area contributed by atoms with Gasteiger partial charge >= 0.3 is 12.1 Å². The monoisotopic (exact) mass is 492 g/mol. The Kier molecular flexibility index (Phi) is 7.10. The van der Waals surface area contributed by atoms with Crippen LogP contribution in [0.2, 0.25) is 0 Å². The summed E-state index contributed by atoms with van der Waals surface area (Å²) in [4.78, 5) is 23.4. The molecule has 0 aliphatic heterocycles. The molecule has 3 aromatic carbocycles. The maximum Gasteiger partial charge on any atom is 0.412 e. The minimum absolute atomic E-state index is 0.0434. The van der Waals surface area contributed by atoms with Gasteiger partial charge in [-0.3, -0.25) is 10.1 Å². The average molecular weight is 492 g/mol. The predicted octanol–water partition coefficient (Wildman–Crippen LogP) is 6.53. The van der Waals surface area contributed by atoms with Crippen LogP contribution in [0.25, 0.3) is 22.5 Å². The lowest BCUT2D eigenvalue weighted by molar-refractivity contribution is -0.136. The first-order chi connectivity index (χ1) is 17.2. The lowest BCUT2D eigenvalue weighted by Crippen LogP contribution is -2.17. The van der Waals surface area contributed by atoms with Gasteiger partial charge in [0.05, 0.1) is 6.42 Å². The number of anilines is 1. The van der Waals surface area contributed by atoms with E-state index in [-0.39, 0.29) is 17.7 Å². The molecule has 36 heavy (non-hydrogen) atoms. The molecule has 2 N–H and O–H groups in total. The number of carbonyl (C=O) groups is 2. The molecule has 184 valence electrons. The van der Waals surface area contributed by atoms with Crippen molar-refractivity contribution < 1.29 is 32.7 Å². The maximum absolute atomic E-state index is 14.0. The third-order valence-electron chi connectivity index (χ3n) is 5.56. The molecule has 0 spiro atoms. The third-order valence-corrected chi connectivity index (χ3v) is 5.56. The van der Waals surface area contributed by atoms with Crippen LogP contribution in [-0.2, 0) is 16.0 Å². The Morgan fingerprint density at radius 3 is 2.25 bits per heavy atom. The molecule has 0 saturated carbocycles. The summed E-state index contributed by atoms with van der Waals surface area (Å²) in [6.45, 7) is 3.08. The molecular formula is C27H22F2N2O5. The molecule has 1 amide bonds. The van der Waals surface area contributed by atoms with Crippen LogP contribution in [0.5, 0.6) is 0 Å². The van der Waals surface area contributed by atoms with Crippen LogP contribution in [-0.4, -0.2) is 22.3 Å². The van der Waals surface area contributed by atoms with E-state index in [4.69, 9.17) is 14.4 Å². The van der Waals surface area contributed by atoms with Crippen LogP contribution >= 0.6 is 0 Å². The van der Waals surface area contributed by atoms with Crippen molar-refractivity contribution in [2.24, 2.45) is 0 Å². The Morgan fingerprint density at radius 1 is 1.00 bits per heavy atom. The highest BCUT2D eigenvalue weighted by Crippen LogP contribution is 2.33. The summed E-state index contributed by atoms with van der Waals surface area (Å²) < 4.78 is 38.1. The molecule has 1 atom stereocenters. The first kappa shape index (κ1) is 24.6. The Morgan fingerprint density at radius 2 is 1.61 bits per heavy atom. The number of hydrogen-bond donors (Lipinski definition) is 2. The molecular weight excluding hydrogens is 470 g/mol. The first-order valence-electron chi connectivity index (χ1n) is 11.0. The molecule has 0 saturated heterocycles. The van der Waals surface area contributed by atoms with Crippen LogP contribution in [0.1, 0.15) is 29.8 Å². The zero-order chi connectivity index (χ0) is 25.8. The molecule has 1 heterocycles. The van der Waals surface area contributed by atoms with E-state index in [2.05, 4.69) is 10.5 Å². The van der Waals surface area contributed by atoms with Gasteiger partial charge in [0.15, 0.2) is 5.76 Å². The van der Waals surface area contributed by atoms with Gasteiger partial charge < -0.3 is 14.4 Å². The summed E-state index contributed by atoms with van der Waals surface area (Å²) in [6.07, 6.45) is -1.96. The van der Waals surface area contributed by atoms with Crippen molar-refractivity contribution in [2.45, 2.75) is 26.4 Å². The van der Waals surface area contributed by atoms with Gasteiger partial charge in [-0.15, -0.1) is 0 Å². The molecule has 7 nitrogen and oxygen atoms in total.